The van der Waals surface area contributed by atoms with Crippen LogP contribution in [0.3, 0.4) is 0 Å². The van der Waals surface area contributed by atoms with Gasteiger partial charge in [-0.15, -0.1) is 0 Å². The lowest BCUT2D eigenvalue weighted by Crippen LogP contribution is -2.27. The van der Waals surface area contributed by atoms with Crippen LogP contribution >= 0.6 is 0 Å². The highest BCUT2D eigenvalue weighted by atomic mass is 14.1. The second-order valence-corrected chi connectivity index (χ2v) is 5.19. The number of hydrogen-bond donors (Lipinski definition) is 0. The largest absolute Gasteiger partial charge is 0.0763 e. The normalized spacial score (nSPS) is 14.3. The van der Waals surface area contributed by atoms with Crippen molar-refractivity contribution in [3.05, 3.63) is 46.3 Å². The molecule has 0 unspecified atom stereocenters. The molecule has 0 saturated heterocycles. The fraction of sp³-hybridized carbons (Fsp3) is 0.294. The van der Waals surface area contributed by atoms with Crippen molar-refractivity contribution in [2.24, 2.45) is 0 Å². The van der Waals surface area contributed by atoms with Gasteiger partial charge in [0.05, 0.1) is 0 Å². The molecule has 0 spiro atoms. The smallest absolute Gasteiger partial charge is 0.0109 e. The van der Waals surface area contributed by atoms with Gasteiger partial charge in [-0.1, -0.05) is 56.3 Å². The lowest BCUT2D eigenvalue weighted by atomic mass is 9.96. The molecule has 0 aliphatic heterocycles. The van der Waals surface area contributed by atoms with Crippen LogP contribution in [0.5, 0.6) is 0 Å². The van der Waals surface area contributed by atoms with Crippen molar-refractivity contribution in [1.29, 1.82) is 0 Å². The van der Waals surface area contributed by atoms with E-state index < -0.39 is 0 Å². The molecule has 0 amide bonds. The van der Waals surface area contributed by atoms with E-state index in [0.29, 0.717) is 5.92 Å². The van der Waals surface area contributed by atoms with Gasteiger partial charge in [-0.25, -0.2) is 0 Å². The van der Waals surface area contributed by atoms with Crippen molar-refractivity contribution < 1.29 is 0 Å². The van der Waals surface area contributed by atoms with E-state index in [-0.39, 0.29) is 0 Å². The molecule has 0 N–H and O–H groups in total. The first-order chi connectivity index (χ1) is 8.25. The zero-order chi connectivity index (χ0) is 11.8. The predicted octanol–water partition coefficient (Wildman–Crippen LogP) is 3.32. The molecule has 2 aromatic carbocycles. The Balaban J connectivity index is 2.36. The van der Waals surface area contributed by atoms with E-state index in [2.05, 4.69) is 56.3 Å². The van der Waals surface area contributed by atoms with Crippen molar-refractivity contribution >= 4 is 22.9 Å². The molecule has 17 heavy (non-hydrogen) atoms. The monoisotopic (exact) mass is 222 g/mol. The van der Waals surface area contributed by atoms with Crippen molar-refractivity contribution in [3.8, 4) is 0 Å². The van der Waals surface area contributed by atoms with Gasteiger partial charge in [0.25, 0.3) is 0 Å². The van der Waals surface area contributed by atoms with Crippen molar-refractivity contribution in [2.45, 2.75) is 32.6 Å². The standard InChI is InChI=1S/C17H18/c1-12(2)14-9-10-17-15(11-14)8-7-13-5-3-4-6-16(13)17/h5-12H,3-4H2,1-2H3. The number of rotatable bonds is 1. The molecule has 1 aliphatic rings. The van der Waals surface area contributed by atoms with Gasteiger partial charge >= 0.3 is 0 Å². The first-order valence-corrected chi connectivity index (χ1v) is 6.49. The van der Waals surface area contributed by atoms with Crippen molar-refractivity contribution in [3.63, 3.8) is 0 Å². The molecule has 0 fully saturated rings. The van der Waals surface area contributed by atoms with E-state index in [1.165, 1.54) is 39.6 Å². The molecule has 0 bridgehead atoms. The third-order valence-electron chi connectivity index (χ3n) is 3.67. The molecule has 0 saturated carbocycles. The van der Waals surface area contributed by atoms with E-state index in [9.17, 15) is 0 Å². The average Bonchev–Trinajstić information content (AvgIpc) is 2.38. The predicted molar refractivity (Wildman–Crippen MR) is 75.5 cm³/mol. The quantitative estimate of drug-likeness (QED) is 0.694. The molecule has 3 rings (SSSR count). The Morgan fingerprint density at radius 3 is 2.59 bits per heavy atom. The summed E-state index contributed by atoms with van der Waals surface area (Å²) in [7, 11) is 0. The molecule has 0 heteroatoms. The summed E-state index contributed by atoms with van der Waals surface area (Å²) in [6.07, 6.45) is 7.10. The topological polar surface area (TPSA) is 0 Å². The van der Waals surface area contributed by atoms with Crippen molar-refractivity contribution in [1.82, 2.24) is 0 Å². The van der Waals surface area contributed by atoms with Gasteiger partial charge in [0.2, 0.25) is 0 Å². The van der Waals surface area contributed by atoms with Gasteiger partial charge in [-0.2, -0.15) is 0 Å². The van der Waals surface area contributed by atoms with E-state index in [0.717, 1.165) is 0 Å². The Hall–Kier alpha value is -1.56. The molecule has 0 aromatic heterocycles. The summed E-state index contributed by atoms with van der Waals surface area (Å²) in [6, 6.07) is 11.4. The lowest BCUT2D eigenvalue weighted by molar-refractivity contribution is 0.869. The summed E-state index contributed by atoms with van der Waals surface area (Å²) in [6.45, 7) is 4.50. The van der Waals surface area contributed by atoms with Crippen LogP contribution in [0.4, 0.5) is 0 Å². The molecule has 1 aliphatic carbocycles. The van der Waals surface area contributed by atoms with E-state index in [1.54, 1.807) is 0 Å². The third-order valence-corrected chi connectivity index (χ3v) is 3.67. The minimum absolute atomic E-state index is 0.603. The first kappa shape index (κ1) is 10.6. The Morgan fingerprint density at radius 2 is 1.76 bits per heavy atom. The third kappa shape index (κ3) is 1.78. The molecule has 2 aromatic rings. The molecule has 86 valence electrons. The van der Waals surface area contributed by atoms with Gasteiger partial charge in [0.15, 0.2) is 0 Å². The van der Waals surface area contributed by atoms with Gasteiger partial charge in [-0.3, -0.25) is 0 Å². The zero-order valence-electron chi connectivity index (χ0n) is 10.5. The van der Waals surface area contributed by atoms with Gasteiger partial charge < -0.3 is 0 Å². The highest BCUT2D eigenvalue weighted by Gasteiger charge is 2.03. The number of fused-ring (bicyclic) bond motifs is 3. The fourth-order valence-corrected chi connectivity index (χ4v) is 2.62. The summed E-state index contributed by atoms with van der Waals surface area (Å²) in [5.74, 6) is 0.603. The van der Waals surface area contributed by atoms with Crippen LogP contribution in [-0.4, -0.2) is 0 Å². The van der Waals surface area contributed by atoms with Gasteiger partial charge in [0, 0.05) is 0 Å². The zero-order valence-corrected chi connectivity index (χ0v) is 10.5. The van der Waals surface area contributed by atoms with Gasteiger partial charge in [0.1, 0.15) is 0 Å². The fourth-order valence-electron chi connectivity index (χ4n) is 2.62. The van der Waals surface area contributed by atoms with Gasteiger partial charge in [-0.05, 0) is 45.5 Å². The SMILES string of the molecule is CC(C)c1ccc2c3c(ccc2c1)=CCCC=3. The highest BCUT2D eigenvalue weighted by molar-refractivity contribution is 5.85. The Bertz CT molecular complexity index is 675. The van der Waals surface area contributed by atoms with E-state index >= 15 is 0 Å². The van der Waals surface area contributed by atoms with E-state index in [1.807, 2.05) is 0 Å². The first-order valence-electron chi connectivity index (χ1n) is 6.49. The van der Waals surface area contributed by atoms with Crippen LogP contribution in [0.15, 0.2) is 30.3 Å². The highest BCUT2D eigenvalue weighted by Crippen LogP contribution is 2.19. The minimum atomic E-state index is 0.603. The summed E-state index contributed by atoms with van der Waals surface area (Å²) in [5, 5.41) is 5.62. The van der Waals surface area contributed by atoms with Crippen LogP contribution in [0, 0.1) is 0 Å². The molecule has 0 radical (unpaired) electrons. The summed E-state index contributed by atoms with van der Waals surface area (Å²) in [4.78, 5) is 0. The maximum absolute atomic E-state index is 2.38. The molecule has 0 nitrogen and oxygen atoms in total. The summed E-state index contributed by atoms with van der Waals surface area (Å²) < 4.78 is 0. The summed E-state index contributed by atoms with van der Waals surface area (Å²) in [5.41, 5.74) is 1.43. The Kier molecular flexibility index (Phi) is 2.51. The minimum Gasteiger partial charge on any atom is -0.0763 e. The summed E-state index contributed by atoms with van der Waals surface area (Å²) >= 11 is 0. The van der Waals surface area contributed by atoms with Crippen LogP contribution in [0.25, 0.3) is 22.9 Å². The van der Waals surface area contributed by atoms with Crippen LogP contribution in [0.1, 0.15) is 38.2 Å². The molecule has 0 atom stereocenters. The van der Waals surface area contributed by atoms with Crippen LogP contribution < -0.4 is 10.4 Å². The van der Waals surface area contributed by atoms with Crippen LogP contribution in [-0.2, 0) is 0 Å². The maximum Gasteiger partial charge on any atom is -0.0109 e. The number of hydrogen-bond acceptors (Lipinski definition) is 0. The Labute approximate surface area is 102 Å². The van der Waals surface area contributed by atoms with E-state index in [4.69, 9.17) is 0 Å². The average molecular weight is 222 g/mol. The second kappa shape index (κ2) is 4.03. The Morgan fingerprint density at radius 1 is 0.941 bits per heavy atom. The second-order valence-electron chi connectivity index (χ2n) is 5.19. The molecular formula is C17H18. The van der Waals surface area contributed by atoms with Crippen molar-refractivity contribution in [2.75, 3.05) is 0 Å². The maximum atomic E-state index is 2.38. The van der Waals surface area contributed by atoms with Crippen LogP contribution in [0.2, 0.25) is 0 Å². The molecule has 0 heterocycles. The lowest BCUT2D eigenvalue weighted by Gasteiger charge is -2.09. The molecular weight excluding hydrogens is 204 g/mol. The number of benzene rings is 2.